The second kappa shape index (κ2) is 9.00. The van der Waals surface area contributed by atoms with Gasteiger partial charge in [0.2, 0.25) is 0 Å². The van der Waals surface area contributed by atoms with Gasteiger partial charge in [-0.25, -0.2) is 4.98 Å². The van der Waals surface area contributed by atoms with Gasteiger partial charge in [-0.1, -0.05) is 24.9 Å². The minimum Gasteiger partial charge on any atom is -0.484 e. The van der Waals surface area contributed by atoms with Crippen LogP contribution in [0.5, 0.6) is 5.75 Å². The van der Waals surface area contributed by atoms with E-state index >= 15 is 0 Å². The lowest BCUT2D eigenvalue weighted by molar-refractivity contribution is -0.118. The van der Waals surface area contributed by atoms with E-state index in [4.69, 9.17) is 16.3 Å². The first-order chi connectivity index (χ1) is 11.2. The van der Waals surface area contributed by atoms with Crippen LogP contribution < -0.4 is 15.4 Å². The summed E-state index contributed by atoms with van der Waals surface area (Å²) in [6.07, 6.45) is 3.95. The number of aromatic nitrogens is 1. The van der Waals surface area contributed by atoms with Crippen LogP contribution in [0.4, 0.5) is 11.5 Å². The Morgan fingerprint density at radius 1 is 1.22 bits per heavy atom. The Kier molecular flexibility index (Phi) is 6.69. The summed E-state index contributed by atoms with van der Waals surface area (Å²) in [6.45, 7) is 2.98. The molecular weight excluding hydrogens is 314 g/mol. The van der Waals surface area contributed by atoms with Crippen molar-refractivity contribution < 1.29 is 9.53 Å². The Hall–Kier alpha value is -2.27. The minimum absolute atomic E-state index is 0.0835. The smallest absolute Gasteiger partial charge is 0.263 e. The van der Waals surface area contributed by atoms with Crippen molar-refractivity contribution in [2.45, 2.75) is 19.8 Å². The Balaban J connectivity index is 1.77. The molecule has 0 unspecified atom stereocenters. The predicted octanol–water partition coefficient (Wildman–Crippen LogP) is 3.96. The topological polar surface area (TPSA) is 63.2 Å². The highest BCUT2D eigenvalue weighted by atomic mass is 35.5. The molecule has 122 valence electrons. The molecule has 2 aromatic rings. The van der Waals surface area contributed by atoms with Gasteiger partial charge in [0.1, 0.15) is 11.6 Å². The standard InChI is InChI=1S/C17H20ClN3O2/c1-2-3-10-19-14-6-9-16(20-11-14)21-17(22)12-23-15-7-4-13(18)5-8-15/h4-9,11,19H,2-3,10,12H2,1H3,(H,20,21,22). The van der Waals surface area contributed by atoms with Crippen LogP contribution in [-0.4, -0.2) is 24.0 Å². The molecule has 0 aliphatic carbocycles. The van der Waals surface area contributed by atoms with Crippen LogP contribution in [0.25, 0.3) is 0 Å². The minimum atomic E-state index is -0.265. The van der Waals surface area contributed by atoms with Gasteiger partial charge in [0.25, 0.3) is 5.91 Å². The number of carbonyl (C=O) groups excluding carboxylic acids is 1. The molecule has 2 rings (SSSR count). The maximum absolute atomic E-state index is 11.8. The highest BCUT2D eigenvalue weighted by Crippen LogP contribution is 2.15. The summed E-state index contributed by atoms with van der Waals surface area (Å²) in [5, 5.41) is 6.58. The summed E-state index contributed by atoms with van der Waals surface area (Å²) >= 11 is 5.79. The third-order valence-electron chi connectivity index (χ3n) is 3.07. The summed E-state index contributed by atoms with van der Waals surface area (Å²) in [5.74, 6) is 0.822. The van der Waals surface area contributed by atoms with Gasteiger partial charge in [-0.2, -0.15) is 0 Å². The third-order valence-corrected chi connectivity index (χ3v) is 3.33. The van der Waals surface area contributed by atoms with Crippen LogP contribution in [0.3, 0.4) is 0 Å². The molecule has 1 aromatic heterocycles. The summed E-state index contributed by atoms with van der Waals surface area (Å²) in [6, 6.07) is 10.5. The van der Waals surface area contributed by atoms with Crippen LogP contribution in [0.2, 0.25) is 5.02 Å². The molecule has 1 aromatic carbocycles. The first-order valence-electron chi connectivity index (χ1n) is 7.55. The number of rotatable bonds is 8. The van der Waals surface area contributed by atoms with E-state index in [1.54, 1.807) is 36.5 Å². The number of ether oxygens (including phenoxy) is 1. The van der Waals surface area contributed by atoms with Crippen molar-refractivity contribution in [3.8, 4) is 5.75 Å². The average Bonchev–Trinajstić information content (AvgIpc) is 2.56. The van der Waals surface area contributed by atoms with E-state index < -0.39 is 0 Å². The lowest BCUT2D eigenvalue weighted by atomic mass is 10.3. The number of carbonyl (C=O) groups is 1. The van der Waals surface area contributed by atoms with E-state index in [0.717, 1.165) is 25.1 Å². The summed E-state index contributed by atoms with van der Waals surface area (Å²) in [7, 11) is 0. The van der Waals surface area contributed by atoms with Crippen molar-refractivity contribution in [3.05, 3.63) is 47.6 Å². The first-order valence-corrected chi connectivity index (χ1v) is 7.93. The number of anilines is 2. The lowest BCUT2D eigenvalue weighted by Crippen LogP contribution is -2.20. The van der Waals surface area contributed by atoms with Gasteiger partial charge >= 0.3 is 0 Å². The maximum atomic E-state index is 11.8. The fourth-order valence-electron chi connectivity index (χ4n) is 1.84. The van der Waals surface area contributed by atoms with E-state index in [0.29, 0.717) is 16.6 Å². The molecule has 0 aliphatic rings. The number of unbranched alkanes of at least 4 members (excludes halogenated alkanes) is 1. The van der Waals surface area contributed by atoms with Crippen molar-refractivity contribution in [1.29, 1.82) is 0 Å². The second-order valence-electron chi connectivity index (χ2n) is 5.00. The number of pyridine rings is 1. The number of amides is 1. The van der Waals surface area contributed by atoms with Gasteiger partial charge in [-0.05, 0) is 42.8 Å². The van der Waals surface area contributed by atoms with Gasteiger partial charge in [0.15, 0.2) is 6.61 Å². The monoisotopic (exact) mass is 333 g/mol. The third kappa shape index (κ3) is 6.16. The largest absolute Gasteiger partial charge is 0.484 e. The molecule has 0 fully saturated rings. The summed E-state index contributed by atoms with van der Waals surface area (Å²) in [5.41, 5.74) is 0.939. The molecule has 0 aliphatic heterocycles. The zero-order valence-corrected chi connectivity index (χ0v) is 13.8. The summed E-state index contributed by atoms with van der Waals surface area (Å²) < 4.78 is 5.37. The van der Waals surface area contributed by atoms with Crippen molar-refractivity contribution >= 4 is 29.0 Å². The molecule has 0 atom stereocenters. The Labute approximate surface area is 141 Å². The van der Waals surface area contributed by atoms with E-state index in [9.17, 15) is 4.79 Å². The van der Waals surface area contributed by atoms with Gasteiger partial charge in [-0.15, -0.1) is 0 Å². The quantitative estimate of drug-likeness (QED) is 0.718. The molecule has 23 heavy (non-hydrogen) atoms. The fourth-order valence-corrected chi connectivity index (χ4v) is 1.97. The molecule has 0 saturated heterocycles. The van der Waals surface area contributed by atoms with Crippen molar-refractivity contribution in [3.63, 3.8) is 0 Å². The number of halogens is 1. The highest BCUT2D eigenvalue weighted by molar-refractivity contribution is 6.30. The van der Waals surface area contributed by atoms with Gasteiger partial charge < -0.3 is 15.4 Å². The van der Waals surface area contributed by atoms with Gasteiger partial charge in [0, 0.05) is 11.6 Å². The average molecular weight is 334 g/mol. The van der Waals surface area contributed by atoms with E-state index in [1.165, 1.54) is 0 Å². The van der Waals surface area contributed by atoms with Crippen molar-refractivity contribution in [1.82, 2.24) is 4.98 Å². The van der Waals surface area contributed by atoms with Crippen LogP contribution in [0, 0.1) is 0 Å². The zero-order chi connectivity index (χ0) is 16.5. The van der Waals surface area contributed by atoms with Crippen LogP contribution >= 0.6 is 11.6 Å². The molecule has 0 saturated carbocycles. The Morgan fingerprint density at radius 3 is 2.65 bits per heavy atom. The fraction of sp³-hybridized carbons (Fsp3) is 0.294. The molecule has 5 nitrogen and oxygen atoms in total. The molecule has 0 radical (unpaired) electrons. The molecular formula is C17H20ClN3O2. The molecule has 2 N–H and O–H groups in total. The number of hydrogen-bond acceptors (Lipinski definition) is 4. The van der Waals surface area contributed by atoms with Crippen molar-refractivity contribution in [2.24, 2.45) is 0 Å². The predicted molar refractivity (Wildman–Crippen MR) is 93.2 cm³/mol. The number of benzene rings is 1. The SMILES string of the molecule is CCCCNc1ccc(NC(=O)COc2ccc(Cl)cc2)nc1. The molecule has 1 heterocycles. The zero-order valence-electron chi connectivity index (χ0n) is 13.0. The molecule has 0 spiro atoms. The van der Waals surface area contributed by atoms with Gasteiger partial charge in [-0.3, -0.25) is 4.79 Å². The van der Waals surface area contributed by atoms with Crippen LogP contribution in [-0.2, 0) is 4.79 Å². The van der Waals surface area contributed by atoms with Crippen LogP contribution in [0.1, 0.15) is 19.8 Å². The maximum Gasteiger partial charge on any atom is 0.263 e. The van der Waals surface area contributed by atoms with Crippen LogP contribution in [0.15, 0.2) is 42.6 Å². The lowest BCUT2D eigenvalue weighted by Gasteiger charge is -2.08. The normalized spacial score (nSPS) is 10.2. The van der Waals surface area contributed by atoms with E-state index in [-0.39, 0.29) is 12.5 Å². The number of nitrogens with zero attached hydrogens (tertiary/aromatic N) is 1. The van der Waals surface area contributed by atoms with E-state index in [2.05, 4.69) is 22.5 Å². The Morgan fingerprint density at radius 2 is 2.00 bits per heavy atom. The van der Waals surface area contributed by atoms with Gasteiger partial charge in [0.05, 0.1) is 11.9 Å². The number of nitrogens with one attached hydrogen (secondary N) is 2. The van der Waals surface area contributed by atoms with E-state index in [1.807, 2.05) is 6.07 Å². The second-order valence-corrected chi connectivity index (χ2v) is 5.44. The summed E-state index contributed by atoms with van der Waals surface area (Å²) in [4.78, 5) is 16.0. The van der Waals surface area contributed by atoms with Crippen molar-refractivity contribution in [2.75, 3.05) is 23.8 Å². The number of hydrogen-bond donors (Lipinski definition) is 2. The molecule has 6 heteroatoms. The molecule has 0 bridgehead atoms. The first kappa shape index (κ1) is 17.1. The highest BCUT2D eigenvalue weighted by Gasteiger charge is 2.05. The Bertz CT molecular complexity index is 615. The molecule has 1 amide bonds.